The van der Waals surface area contributed by atoms with E-state index in [1.165, 1.54) is 24.0 Å². The van der Waals surface area contributed by atoms with Crippen molar-refractivity contribution in [2.45, 2.75) is 63.4 Å². The molecule has 4 rings (SSSR count). The third-order valence-electron chi connectivity index (χ3n) is 6.00. The maximum atomic E-state index is 5.93. The normalized spacial score (nSPS) is 30.2. The Morgan fingerprint density at radius 1 is 1.32 bits per heavy atom. The molecule has 25 heavy (non-hydrogen) atoms. The van der Waals surface area contributed by atoms with Gasteiger partial charge < -0.3 is 15.4 Å². The summed E-state index contributed by atoms with van der Waals surface area (Å²) >= 11 is 0. The molecule has 2 saturated heterocycles. The highest BCUT2D eigenvalue weighted by atomic mass is 16.5. The molecule has 0 aromatic heterocycles. The van der Waals surface area contributed by atoms with Gasteiger partial charge in [0.05, 0.1) is 18.2 Å². The van der Waals surface area contributed by atoms with E-state index in [0.717, 1.165) is 38.4 Å². The molecule has 0 saturated carbocycles. The second-order valence-corrected chi connectivity index (χ2v) is 7.65. The first-order valence-corrected chi connectivity index (χ1v) is 9.66. The van der Waals surface area contributed by atoms with Crippen LogP contribution in [0.4, 0.5) is 0 Å². The average Bonchev–Trinajstić information content (AvgIpc) is 3.27. The van der Waals surface area contributed by atoms with Gasteiger partial charge in [-0.05, 0) is 43.7 Å². The molecule has 1 aromatic rings. The summed E-state index contributed by atoms with van der Waals surface area (Å²) in [5.41, 5.74) is 2.98. The van der Waals surface area contributed by atoms with Gasteiger partial charge in [0.25, 0.3) is 0 Å². The van der Waals surface area contributed by atoms with Gasteiger partial charge in [-0.15, -0.1) is 0 Å². The topological polar surface area (TPSA) is 48.9 Å². The zero-order valence-electron chi connectivity index (χ0n) is 15.4. The smallest absolute Gasteiger partial charge is 0.191 e. The van der Waals surface area contributed by atoms with Crippen molar-refractivity contribution in [3.8, 4) is 0 Å². The van der Waals surface area contributed by atoms with Crippen LogP contribution in [0.25, 0.3) is 0 Å². The number of hydrogen-bond acceptors (Lipinski definition) is 3. The zero-order valence-corrected chi connectivity index (χ0v) is 15.4. The lowest BCUT2D eigenvalue weighted by Gasteiger charge is -2.34. The summed E-state index contributed by atoms with van der Waals surface area (Å²) in [6.45, 7) is 5.38. The Labute approximate surface area is 150 Å². The van der Waals surface area contributed by atoms with Crippen LogP contribution in [0.1, 0.15) is 37.3 Å². The quantitative estimate of drug-likeness (QED) is 0.648. The van der Waals surface area contributed by atoms with Crippen molar-refractivity contribution in [1.82, 2.24) is 15.5 Å². The van der Waals surface area contributed by atoms with Crippen LogP contribution in [0, 0.1) is 0 Å². The number of fused-ring (bicyclic) bond motifs is 3. The molecule has 2 bridgehead atoms. The molecule has 0 radical (unpaired) electrons. The summed E-state index contributed by atoms with van der Waals surface area (Å²) < 4.78 is 5.93. The van der Waals surface area contributed by atoms with Gasteiger partial charge in [0.15, 0.2) is 5.96 Å². The van der Waals surface area contributed by atoms with Gasteiger partial charge in [0, 0.05) is 32.7 Å². The fraction of sp³-hybridized carbons (Fsp3) is 0.650. The summed E-state index contributed by atoms with van der Waals surface area (Å²) in [5.74, 6) is 0.908. The van der Waals surface area contributed by atoms with Gasteiger partial charge in [-0.3, -0.25) is 9.89 Å². The first kappa shape index (κ1) is 16.9. The fourth-order valence-corrected chi connectivity index (χ4v) is 4.43. The standard InChI is InChI=1S/C20H30N4O/c1-14(24-10-9-15-5-3-4-6-16(15)13-24)12-22-20(21-2)23-18-11-17-7-8-19(18)25-17/h3-6,14,17-19H,7-13H2,1-2H3,(H2,21,22,23). The van der Waals surface area contributed by atoms with Gasteiger partial charge in [0.1, 0.15) is 0 Å². The summed E-state index contributed by atoms with van der Waals surface area (Å²) in [6, 6.07) is 9.71. The van der Waals surface area contributed by atoms with Crippen LogP contribution in [0.5, 0.6) is 0 Å². The molecular formula is C20H30N4O. The van der Waals surface area contributed by atoms with E-state index in [0.29, 0.717) is 24.3 Å². The Bertz CT molecular complexity index is 632. The molecule has 5 nitrogen and oxygen atoms in total. The molecule has 3 aliphatic rings. The summed E-state index contributed by atoms with van der Waals surface area (Å²) in [5, 5.41) is 7.08. The lowest BCUT2D eigenvalue weighted by Crippen LogP contribution is -2.51. The van der Waals surface area contributed by atoms with Crippen LogP contribution in [0.15, 0.2) is 29.3 Å². The first-order chi connectivity index (χ1) is 12.2. The highest BCUT2D eigenvalue weighted by molar-refractivity contribution is 5.80. The predicted octanol–water partition coefficient (Wildman–Crippen LogP) is 1.92. The third-order valence-corrected chi connectivity index (χ3v) is 6.00. The molecule has 4 unspecified atom stereocenters. The van der Waals surface area contributed by atoms with Gasteiger partial charge in [-0.1, -0.05) is 24.3 Å². The van der Waals surface area contributed by atoms with Crippen molar-refractivity contribution >= 4 is 5.96 Å². The molecule has 2 N–H and O–H groups in total. The minimum absolute atomic E-state index is 0.375. The van der Waals surface area contributed by atoms with Crippen LogP contribution in [0.2, 0.25) is 0 Å². The molecule has 0 amide bonds. The second kappa shape index (κ2) is 7.34. The Hall–Kier alpha value is -1.59. The SMILES string of the molecule is CN=C(NCC(C)N1CCc2ccccc2C1)NC1CC2CCC1O2. The van der Waals surface area contributed by atoms with Crippen LogP contribution in [-0.4, -0.2) is 55.3 Å². The monoisotopic (exact) mass is 342 g/mol. The first-order valence-electron chi connectivity index (χ1n) is 9.66. The molecule has 4 atom stereocenters. The van der Waals surface area contributed by atoms with E-state index in [2.05, 4.69) is 51.7 Å². The van der Waals surface area contributed by atoms with E-state index >= 15 is 0 Å². The zero-order chi connectivity index (χ0) is 17.2. The maximum absolute atomic E-state index is 5.93. The maximum Gasteiger partial charge on any atom is 0.191 e. The molecular weight excluding hydrogens is 312 g/mol. The van der Waals surface area contributed by atoms with Gasteiger partial charge in [-0.25, -0.2) is 0 Å². The van der Waals surface area contributed by atoms with Crippen molar-refractivity contribution in [1.29, 1.82) is 0 Å². The molecule has 3 heterocycles. The lowest BCUT2D eigenvalue weighted by atomic mass is 9.96. The number of aliphatic imine (C=N–C) groups is 1. The van der Waals surface area contributed by atoms with E-state index in [1.807, 2.05) is 7.05 Å². The fourth-order valence-electron chi connectivity index (χ4n) is 4.43. The lowest BCUT2D eigenvalue weighted by molar-refractivity contribution is 0.0992. The Balaban J connectivity index is 1.27. The van der Waals surface area contributed by atoms with E-state index in [-0.39, 0.29) is 0 Å². The van der Waals surface area contributed by atoms with Crippen molar-refractivity contribution in [3.05, 3.63) is 35.4 Å². The van der Waals surface area contributed by atoms with Crippen molar-refractivity contribution in [3.63, 3.8) is 0 Å². The van der Waals surface area contributed by atoms with Crippen molar-refractivity contribution in [2.24, 2.45) is 4.99 Å². The minimum Gasteiger partial charge on any atom is -0.373 e. The van der Waals surface area contributed by atoms with E-state index in [4.69, 9.17) is 4.74 Å². The van der Waals surface area contributed by atoms with Crippen LogP contribution >= 0.6 is 0 Å². The molecule has 3 aliphatic heterocycles. The molecule has 5 heteroatoms. The second-order valence-electron chi connectivity index (χ2n) is 7.65. The number of rotatable bonds is 4. The number of nitrogens with one attached hydrogen (secondary N) is 2. The van der Waals surface area contributed by atoms with Crippen molar-refractivity contribution < 1.29 is 4.74 Å². The Kier molecular flexibility index (Phi) is 4.95. The number of ether oxygens (including phenoxy) is 1. The van der Waals surface area contributed by atoms with Gasteiger partial charge >= 0.3 is 0 Å². The summed E-state index contributed by atoms with van der Waals surface area (Å²) in [7, 11) is 1.85. The highest BCUT2D eigenvalue weighted by Gasteiger charge is 2.41. The molecule has 0 spiro atoms. The number of hydrogen-bond donors (Lipinski definition) is 2. The summed E-state index contributed by atoms with van der Waals surface area (Å²) in [6.07, 6.45) is 5.51. The van der Waals surface area contributed by atoms with Crippen molar-refractivity contribution in [2.75, 3.05) is 20.1 Å². The number of benzene rings is 1. The van der Waals surface area contributed by atoms with E-state index < -0.39 is 0 Å². The Morgan fingerprint density at radius 2 is 2.16 bits per heavy atom. The average molecular weight is 342 g/mol. The predicted molar refractivity (Wildman–Crippen MR) is 101 cm³/mol. The largest absolute Gasteiger partial charge is 0.373 e. The molecule has 2 fully saturated rings. The minimum atomic E-state index is 0.375. The van der Waals surface area contributed by atoms with Gasteiger partial charge in [-0.2, -0.15) is 0 Å². The van der Waals surface area contributed by atoms with Crippen LogP contribution in [0.3, 0.4) is 0 Å². The molecule has 136 valence electrons. The summed E-state index contributed by atoms with van der Waals surface area (Å²) in [4.78, 5) is 6.97. The van der Waals surface area contributed by atoms with Crippen LogP contribution < -0.4 is 10.6 Å². The number of guanidine groups is 1. The Morgan fingerprint density at radius 3 is 2.88 bits per heavy atom. The number of nitrogens with zero attached hydrogens (tertiary/aromatic N) is 2. The third kappa shape index (κ3) is 3.67. The van der Waals surface area contributed by atoms with Gasteiger partial charge in [0.2, 0.25) is 0 Å². The molecule has 1 aromatic carbocycles. The van der Waals surface area contributed by atoms with E-state index in [1.54, 1.807) is 0 Å². The van der Waals surface area contributed by atoms with E-state index in [9.17, 15) is 0 Å². The van der Waals surface area contributed by atoms with Crippen LogP contribution in [-0.2, 0) is 17.7 Å². The molecule has 0 aliphatic carbocycles. The highest BCUT2D eigenvalue weighted by Crippen LogP contribution is 2.34.